The zero-order valence-corrected chi connectivity index (χ0v) is 22.2. The van der Waals surface area contributed by atoms with Crippen molar-refractivity contribution in [2.75, 3.05) is 4.90 Å². The number of carbonyl (C=O) groups excluding carboxylic acids is 1. The van der Waals surface area contributed by atoms with Crippen molar-refractivity contribution in [3.05, 3.63) is 69.8 Å². The summed E-state index contributed by atoms with van der Waals surface area (Å²) >= 11 is 0. The molecule has 4 N–H and O–H groups in total. The number of aliphatic hydroxyl groups excluding tert-OH is 1. The van der Waals surface area contributed by atoms with Crippen LogP contribution in [0.5, 0.6) is 17.2 Å². The van der Waals surface area contributed by atoms with Crippen molar-refractivity contribution in [1.29, 1.82) is 0 Å². The molecule has 0 aromatic heterocycles. The summed E-state index contributed by atoms with van der Waals surface area (Å²) in [5.74, 6) is -1.71. The standard InChI is InChI=1S/C30H35NO7/c1-17(2)7-5-8-18(3)9-6-12-30(4)26(34)15-21-24(32)14-20-22(27(21)38-30)16-31(28(20)35)23-11-10-19(29(36)37)13-25(23)33/h7,9-11,13-14,26,32-34H,5-6,8,12,15-16H2,1-4H3,(H,36,37). The van der Waals surface area contributed by atoms with Crippen molar-refractivity contribution in [2.45, 2.75) is 78.0 Å². The SMILES string of the molecule is CC(C)=CCCC(C)=CCCC1(C)Oc2c(c(O)cc3c2CN(c2ccc(C(=O)O)cc2O)C3=O)CC1O. The molecule has 2 unspecified atom stereocenters. The largest absolute Gasteiger partial charge is 0.508 e. The van der Waals surface area contributed by atoms with Crippen LogP contribution < -0.4 is 9.64 Å². The molecule has 0 fully saturated rings. The number of fused-ring (bicyclic) bond motifs is 3. The molecule has 2 aliphatic rings. The molecule has 0 saturated heterocycles. The number of anilines is 1. The Balaban J connectivity index is 1.58. The van der Waals surface area contributed by atoms with E-state index in [-0.39, 0.29) is 41.3 Å². The minimum Gasteiger partial charge on any atom is -0.508 e. The van der Waals surface area contributed by atoms with E-state index in [0.29, 0.717) is 29.7 Å². The summed E-state index contributed by atoms with van der Waals surface area (Å²) in [6.45, 7) is 8.18. The first-order valence-electron chi connectivity index (χ1n) is 12.8. The number of carboxylic acids is 1. The lowest BCUT2D eigenvalue weighted by atomic mass is 9.84. The molecule has 0 radical (unpaired) electrons. The quantitative estimate of drug-likeness (QED) is 0.339. The molecule has 1 amide bonds. The first kappa shape index (κ1) is 27.3. The van der Waals surface area contributed by atoms with Crippen molar-refractivity contribution >= 4 is 17.6 Å². The first-order chi connectivity index (χ1) is 17.9. The summed E-state index contributed by atoms with van der Waals surface area (Å²) in [6, 6.07) is 5.17. The van der Waals surface area contributed by atoms with Crippen molar-refractivity contribution in [2.24, 2.45) is 0 Å². The molecule has 0 spiro atoms. The average Bonchev–Trinajstić information content (AvgIpc) is 3.16. The van der Waals surface area contributed by atoms with Gasteiger partial charge in [-0.25, -0.2) is 4.79 Å². The summed E-state index contributed by atoms with van der Waals surface area (Å²) in [7, 11) is 0. The van der Waals surface area contributed by atoms with Gasteiger partial charge in [-0.3, -0.25) is 4.79 Å². The van der Waals surface area contributed by atoms with Gasteiger partial charge in [-0.15, -0.1) is 0 Å². The number of carboxylic acid groups (broad SMARTS) is 1. The van der Waals surface area contributed by atoms with E-state index in [9.17, 15) is 30.0 Å². The Hall–Kier alpha value is -3.78. The summed E-state index contributed by atoms with van der Waals surface area (Å²) < 4.78 is 6.40. The van der Waals surface area contributed by atoms with Gasteiger partial charge in [0, 0.05) is 17.5 Å². The zero-order chi connectivity index (χ0) is 27.8. The summed E-state index contributed by atoms with van der Waals surface area (Å²) in [6.07, 6.45) is 6.91. The lowest BCUT2D eigenvalue weighted by Gasteiger charge is -2.40. The normalized spacial score (nSPS) is 20.6. The number of aliphatic hydroxyl groups is 1. The third-order valence-corrected chi connectivity index (χ3v) is 7.43. The number of aromatic carboxylic acids is 1. The third-order valence-electron chi connectivity index (χ3n) is 7.43. The van der Waals surface area contributed by atoms with Gasteiger partial charge in [0.2, 0.25) is 0 Å². The van der Waals surface area contributed by atoms with Crippen LogP contribution in [0.3, 0.4) is 0 Å². The molecule has 38 heavy (non-hydrogen) atoms. The Morgan fingerprint density at radius 3 is 2.50 bits per heavy atom. The lowest BCUT2D eigenvalue weighted by Crippen LogP contribution is -2.49. The number of ether oxygens (including phenoxy) is 1. The van der Waals surface area contributed by atoms with E-state index in [2.05, 4.69) is 32.9 Å². The Morgan fingerprint density at radius 2 is 1.84 bits per heavy atom. The first-order valence-corrected chi connectivity index (χ1v) is 12.8. The van der Waals surface area contributed by atoms with Crippen LogP contribution in [0.1, 0.15) is 85.2 Å². The second kappa shape index (κ2) is 10.5. The zero-order valence-electron chi connectivity index (χ0n) is 22.2. The molecule has 4 rings (SSSR count). The Kier molecular flexibility index (Phi) is 7.56. The van der Waals surface area contributed by atoms with Crippen molar-refractivity contribution < 1.29 is 34.8 Å². The smallest absolute Gasteiger partial charge is 0.335 e. The number of rotatable bonds is 8. The molecular weight excluding hydrogens is 486 g/mol. The van der Waals surface area contributed by atoms with Crippen LogP contribution in [0.25, 0.3) is 0 Å². The van der Waals surface area contributed by atoms with E-state index < -0.39 is 23.6 Å². The van der Waals surface area contributed by atoms with Crippen LogP contribution in [0, 0.1) is 0 Å². The van der Waals surface area contributed by atoms with E-state index in [1.54, 1.807) is 0 Å². The molecule has 2 atom stereocenters. The fourth-order valence-electron chi connectivity index (χ4n) is 5.08. The van der Waals surface area contributed by atoms with Gasteiger partial charge in [-0.05, 0) is 77.6 Å². The molecular formula is C30H35NO7. The van der Waals surface area contributed by atoms with Gasteiger partial charge in [0.1, 0.15) is 22.8 Å². The molecule has 0 saturated carbocycles. The van der Waals surface area contributed by atoms with Crippen LogP contribution in [-0.4, -0.2) is 44.0 Å². The van der Waals surface area contributed by atoms with Gasteiger partial charge in [0.05, 0.1) is 29.5 Å². The Labute approximate surface area is 222 Å². The molecule has 0 bridgehead atoms. The molecule has 2 aliphatic heterocycles. The molecule has 2 heterocycles. The van der Waals surface area contributed by atoms with Gasteiger partial charge < -0.3 is 30.1 Å². The maximum absolute atomic E-state index is 13.3. The molecule has 2 aromatic carbocycles. The van der Waals surface area contributed by atoms with E-state index in [1.165, 1.54) is 34.2 Å². The number of benzene rings is 2. The van der Waals surface area contributed by atoms with Crippen LogP contribution in [0.15, 0.2) is 47.6 Å². The number of allylic oxidation sites excluding steroid dienone is 4. The average molecular weight is 522 g/mol. The van der Waals surface area contributed by atoms with Crippen molar-refractivity contribution in [1.82, 2.24) is 0 Å². The highest BCUT2D eigenvalue weighted by molar-refractivity contribution is 6.12. The van der Waals surface area contributed by atoms with Gasteiger partial charge in [0.25, 0.3) is 5.91 Å². The molecule has 8 nitrogen and oxygen atoms in total. The second-order valence-corrected chi connectivity index (χ2v) is 10.7. The predicted octanol–water partition coefficient (Wildman–Crippen LogP) is 5.48. The number of amides is 1. The number of carbonyl (C=O) groups is 2. The van der Waals surface area contributed by atoms with Crippen molar-refractivity contribution in [3.8, 4) is 17.2 Å². The minimum absolute atomic E-state index is 0.0757. The highest BCUT2D eigenvalue weighted by Gasteiger charge is 2.44. The van der Waals surface area contributed by atoms with Gasteiger partial charge in [0.15, 0.2) is 0 Å². The van der Waals surface area contributed by atoms with Gasteiger partial charge in [-0.2, -0.15) is 0 Å². The summed E-state index contributed by atoms with van der Waals surface area (Å²) in [4.78, 5) is 25.8. The number of aromatic hydroxyl groups is 2. The Morgan fingerprint density at radius 1 is 1.11 bits per heavy atom. The fourth-order valence-corrected chi connectivity index (χ4v) is 5.08. The van der Waals surface area contributed by atoms with E-state index in [4.69, 9.17) is 4.74 Å². The van der Waals surface area contributed by atoms with E-state index in [0.717, 1.165) is 18.9 Å². The molecule has 2 aromatic rings. The van der Waals surface area contributed by atoms with Gasteiger partial charge >= 0.3 is 5.97 Å². The van der Waals surface area contributed by atoms with E-state index >= 15 is 0 Å². The molecule has 202 valence electrons. The van der Waals surface area contributed by atoms with Crippen molar-refractivity contribution in [3.63, 3.8) is 0 Å². The monoisotopic (exact) mass is 521 g/mol. The molecule has 0 aliphatic carbocycles. The summed E-state index contributed by atoms with van der Waals surface area (Å²) in [5, 5.41) is 41.3. The molecule has 8 heteroatoms. The number of phenolic OH excluding ortho intramolecular Hbond substituents is 2. The van der Waals surface area contributed by atoms with Gasteiger partial charge in [-0.1, -0.05) is 23.3 Å². The highest BCUT2D eigenvalue weighted by atomic mass is 16.5. The maximum Gasteiger partial charge on any atom is 0.335 e. The van der Waals surface area contributed by atoms with Crippen LogP contribution in [-0.2, 0) is 13.0 Å². The highest BCUT2D eigenvalue weighted by Crippen LogP contribution is 2.47. The number of hydrogen-bond donors (Lipinski definition) is 4. The second-order valence-electron chi connectivity index (χ2n) is 10.7. The topological polar surface area (TPSA) is 128 Å². The van der Waals surface area contributed by atoms with Crippen LogP contribution in [0.4, 0.5) is 5.69 Å². The fraction of sp³-hybridized carbons (Fsp3) is 0.400. The lowest BCUT2D eigenvalue weighted by molar-refractivity contribution is -0.0597. The minimum atomic E-state index is -1.19. The third kappa shape index (κ3) is 5.27. The number of hydrogen-bond acceptors (Lipinski definition) is 6. The summed E-state index contributed by atoms with van der Waals surface area (Å²) in [5.41, 5.74) is 2.97. The number of phenols is 2. The Bertz CT molecular complexity index is 1340. The van der Waals surface area contributed by atoms with Crippen LogP contribution >= 0.6 is 0 Å². The number of nitrogens with zero attached hydrogens (tertiary/aromatic N) is 1. The van der Waals surface area contributed by atoms with Crippen LogP contribution in [0.2, 0.25) is 0 Å². The maximum atomic E-state index is 13.3. The predicted molar refractivity (Wildman–Crippen MR) is 144 cm³/mol. The van der Waals surface area contributed by atoms with E-state index in [1.807, 2.05) is 6.92 Å².